The lowest BCUT2D eigenvalue weighted by Crippen LogP contribution is -2.22. The molecule has 0 saturated heterocycles. The Balaban J connectivity index is 1.41. The van der Waals surface area contributed by atoms with Gasteiger partial charge in [-0.15, -0.1) is 0 Å². The van der Waals surface area contributed by atoms with Gasteiger partial charge in [0.1, 0.15) is 12.7 Å². The molecule has 4 rings (SSSR count). The molecule has 0 atom stereocenters. The van der Waals surface area contributed by atoms with Gasteiger partial charge in [0.15, 0.2) is 11.5 Å². The summed E-state index contributed by atoms with van der Waals surface area (Å²) in [4.78, 5) is 16.1. The number of carbonyl (C=O) groups is 1. The van der Waals surface area contributed by atoms with Crippen LogP contribution in [0, 0.1) is 0 Å². The highest BCUT2D eigenvalue weighted by Gasteiger charge is 2.13. The maximum Gasteiger partial charge on any atom is 0.251 e. The molecule has 0 spiro atoms. The quantitative estimate of drug-likeness (QED) is 0.794. The fourth-order valence-corrected chi connectivity index (χ4v) is 2.44. The Bertz CT molecular complexity index is 860. The van der Waals surface area contributed by atoms with Crippen LogP contribution in [-0.4, -0.2) is 27.5 Å². The number of hydrogen-bond donors (Lipinski definition) is 1. The number of hydrogen-bond acceptors (Lipinski definition) is 5. The highest BCUT2D eigenvalue weighted by atomic mass is 16.7. The van der Waals surface area contributed by atoms with Crippen molar-refractivity contribution in [1.82, 2.24) is 20.1 Å². The van der Waals surface area contributed by atoms with Gasteiger partial charge in [0.25, 0.3) is 5.91 Å². The Hall–Kier alpha value is -3.35. The fraction of sp³-hybridized carbons (Fsp3) is 0.118. The number of benzene rings is 2. The summed E-state index contributed by atoms with van der Waals surface area (Å²) >= 11 is 0. The molecule has 1 aromatic heterocycles. The van der Waals surface area contributed by atoms with Gasteiger partial charge in [-0.3, -0.25) is 4.79 Å². The SMILES string of the molecule is O=C(NCc1ccc2c(c1)OCO2)c1ccc(-n2cncn2)cc1. The summed E-state index contributed by atoms with van der Waals surface area (Å²) in [7, 11) is 0. The second-order valence-corrected chi connectivity index (χ2v) is 5.26. The number of ether oxygens (including phenoxy) is 2. The Labute approximate surface area is 137 Å². The molecule has 2 aromatic carbocycles. The molecular weight excluding hydrogens is 308 g/mol. The Morgan fingerprint density at radius 2 is 1.96 bits per heavy atom. The van der Waals surface area contributed by atoms with Crippen molar-refractivity contribution in [2.45, 2.75) is 6.54 Å². The van der Waals surface area contributed by atoms with E-state index in [1.807, 2.05) is 30.3 Å². The van der Waals surface area contributed by atoms with E-state index in [0.717, 1.165) is 17.0 Å². The van der Waals surface area contributed by atoms with Crippen LogP contribution in [0.3, 0.4) is 0 Å². The summed E-state index contributed by atoms with van der Waals surface area (Å²) in [6.45, 7) is 0.656. The average molecular weight is 322 g/mol. The van der Waals surface area contributed by atoms with Crippen LogP contribution in [-0.2, 0) is 6.54 Å². The van der Waals surface area contributed by atoms with E-state index in [0.29, 0.717) is 17.9 Å². The van der Waals surface area contributed by atoms with Crippen LogP contribution in [0.25, 0.3) is 5.69 Å². The van der Waals surface area contributed by atoms with Crippen LogP contribution in [0.4, 0.5) is 0 Å². The molecule has 0 unspecified atom stereocenters. The zero-order valence-corrected chi connectivity index (χ0v) is 12.7. The van der Waals surface area contributed by atoms with Crippen molar-refractivity contribution >= 4 is 5.91 Å². The van der Waals surface area contributed by atoms with Crippen LogP contribution in [0.5, 0.6) is 11.5 Å². The van der Waals surface area contributed by atoms with Crippen molar-refractivity contribution in [2.24, 2.45) is 0 Å². The molecule has 0 radical (unpaired) electrons. The summed E-state index contributed by atoms with van der Waals surface area (Å²) in [5, 5.41) is 6.94. The van der Waals surface area contributed by atoms with E-state index >= 15 is 0 Å². The summed E-state index contributed by atoms with van der Waals surface area (Å²) < 4.78 is 12.2. The first-order valence-electron chi connectivity index (χ1n) is 7.41. The average Bonchev–Trinajstić information content (AvgIpc) is 3.31. The molecule has 2 heterocycles. The van der Waals surface area contributed by atoms with Crippen LogP contribution < -0.4 is 14.8 Å². The maximum absolute atomic E-state index is 12.2. The number of aromatic nitrogens is 3. The Kier molecular flexibility index (Phi) is 3.59. The minimum Gasteiger partial charge on any atom is -0.454 e. The van der Waals surface area contributed by atoms with E-state index in [9.17, 15) is 4.79 Å². The lowest BCUT2D eigenvalue weighted by Gasteiger charge is -2.07. The normalized spacial score (nSPS) is 12.2. The maximum atomic E-state index is 12.2. The zero-order chi connectivity index (χ0) is 16.4. The van der Waals surface area contributed by atoms with Crippen LogP contribution in [0.15, 0.2) is 55.1 Å². The molecule has 1 aliphatic rings. The smallest absolute Gasteiger partial charge is 0.251 e. The number of amides is 1. The highest BCUT2D eigenvalue weighted by Crippen LogP contribution is 2.32. The molecular formula is C17H14N4O3. The van der Waals surface area contributed by atoms with Crippen molar-refractivity contribution in [1.29, 1.82) is 0 Å². The molecule has 0 saturated carbocycles. The van der Waals surface area contributed by atoms with Crippen LogP contribution in [0.1, 0.15) is 15.9 Å². The topological polar surface area (TPSA) is 78.3 Å². The second kappa shape index (κ2) is 6.04. The minimum atomic E-state index is -0.141. The van der Waals surface area contributed by atoms with Gasteiger partial charge in [0.2, 0.25) is 6.79 Å². The monoisotopic (exact) mass is 322 g/mol. The molecule has 1 aliphatic heterocycles. The largest absolute Gasteiger partial charge is 0.454 e. The molecule has 0 fully saturated rings. The molecule has 1 N–H and O–H groups in total. The molecule has 3 aromatic rings. The first-order valence-corrected chi connectivity index (χ1v) is 7.41. The lowest BCUT2D eigenvalue weighted by molar-refractivity contribution is 0.0951. The molecule has 1 amide bonds. The summed E-state index contributed by atoms with van der Waals surface area (Å²) in [6.07, 6.45) is 3.07. The first-order chi connectivity index (χ1) is 11.8. The van der Waals surface area contributed by atoms with Gasteiger partial charge in [0, 0.05) is 12.1 Å². The standard InChI is InChI=1S/C17H14N4O3/c22-17(13-2-4-14(5-3-13)21-10-18-9-20-21)19-8-12-1-6-15-16(7-12)24-11-23-15/h1-7,9-10H,8,11H2,(H,19,22). The van der Waals surface area contributed by atoms with Gasteiger partial charge in [-0.2, -0.15) is 5.10 Å². The number of nitrogens with zero attached hydrogens (tertiary/aromatic N) is 3. The van der Waals surface area contributed by atoms with Gasteiger partial charge in [0.05, 0.1) is 5.69 Å². The van der Waals surface area contributed by atoms with Crippen molar-refractivity contribution < 1.29 is 14.3 Å². The summed E-state index contributed by atoms with van der Waals surface area (Å²) in [5.74, 6) is 1.30. The predicted molar refractivity (Wildman–Crippen MR) is 85.1 cm³/mol. The molecule has 0 bridgehead atoms. The lowest BCUT2D eigenvalue weighted by atomic mass is 10.1. The van der Waals surface area contributed by atoms with E-state index in [-0.39, 0.29) is 12.7 Å². The van der Waals surface area contributed by atoms with Crippen molar-refractivity contribution in [2.75, 3.05) is 6.79 Å². The Morgan fingerprint density at radius 3 is 2.75 bits per heavy atom. The molecule has 24 heavy (non-hydrogen) atoms. The number of carbonyl (C=O) groups excluding carboxylic acids is 1. The number of fused-ring (bicyclic) bond motifs is 1. The zero-order valence-electron chi connectivity index (χ0n) is 12.7. The van der Waals surface area contributed by atoms with Crippen molar-refractivity contribution in [3.63, 3.8) is 0 Å². The van der Waals surface area contributed by atoms with E-state index in [1.54, 1.807) is 23.1 Å². The fourth-order valence-electron chi connectivity index (χ4n) is 2.44. The first kappa shape index (κ1) is 14.3. The molecule has 7 heteroatoms. The van der Waals surface area contributed by atoms with Gasteiger partial charge in [-0.25, -0.2) is 9.67 Å². The Morgan fingerprint density at radius 1 is 1.12 bits per heavy atom. The van der Waals surface area contributed by atoms with E-state index in [2.05, 4.69) is 15.4 Å². The molecule has 7 nitrogen and oxygen atoms in total. The van der Waals surface area contributed by atoms with E-state index in [4.69, 9.17) is 9.47 Å². The molecule has 0 aliphatic carbocycles. The van der Waals surface area contributed by atoms with Crippen molar-refractivity contribution in [3.8, 4) is 17.2 Å². The van der Waals surface area contributed by atoms with Crippen LogP contribution >= 0.6 is 0 Å². The van der Waals surface area contributed by atoms with E-state index in [1.165, 1.54) is 6.33 Å². The van der Waals surface area contributed by atoms with Crippen molar-refractivity contribution in [3.05, 3.63) is 66.2 Å². The summed E-state index contributed by atoms with van der Waals surface area (Å²) in [5.41, 5.74) is 2.38. The third-order valence-corrected chi connectivity index (χ3v) is 3.70. The number of nitrogens with one attached hydrogen (secondary N) is 1. The van der Waals surface area contributed by atoms with Gasteiger partial charge >= 0.3 is 0 Å². The van der Waals surface area contributed by atoms with Gasteiger partial charge in [-0.05, 0) is 42.0 Å². The van der Waals surface area contributed by atoms with Gasteiger partial charge < -0.3 is 14.8 Å². The second-order valence-electron chi connectivity index (χ2n) is 5.26. The highest BCUT2D eigenvalue weighted by molar-refractivity contribution is 5.94. The third-order valence-electron chi connectivity index (χ3n) is 3.70. The minimum absolute atomic E-state index is 0.141. The van der Waals surface area contributed by atoms with Crippen LogP contribution in [0.2, 0.25) is 0 Å². The predicted octanol–water partition coefficient (Wildman–Crippen LogP) is 1.93. The third kappa shape index (κ3) is 2.79. The van der Waals surface area contributed by atoms with E-state index < -0.39 is 0 Å². The van der Waals surface area contributed by atoms with Gasteiger partial charge in [-0.1, -0.05) is 6.07 Å². The summed E-state index contributed by atoms with van der Waals surface area (Å²) in [6, 6.07) is 12.8. The number of rotatable bonds is 4. The molecule has 120 valence electrons.